The second-order valence-corrected chi connectivity index (χ2v) is 5.55. The molecule has 0 radical (unpaired) electrons. The van der Waals surface area contributed by atoms with Gasteiger partial charge in [0, 0.05) is 18.9 Å². The van der Waals surface area contributed by atoms with Crippen LogP contribution in [0.4, 0.5) is 0 Å². The van der Waals surface area contributed by atoms with Gasteiger partial charge in [-0.3, -0.25) is 4.79 Å². The van der Waals surface area contributed by atoms with Crippen LogP contribution in [0.1, 0.15) is 47.0 Å². The molecular weight excluding hydrogens is 288 g/mol. The van der Waals surface area contributed by atoms with Crippen LogP contribution >= 0.6 is 0 Å². The van der Waals surface area contributed by atoms with Crippen LogP contribution < -0.4 is 0 Å². The van der Waals surface area contributed by atoms with E-state index in [9.17, 15) is 9.59 Å². The van der Waals surface area contributed by atoms with Crippen molar-refractivity contribution in [3.63, 3.8) is 0 Å². The van der Waals surface area contributed by atoms with Crippen molar-refractivity contribution in [2.75, 3.05) is 6.61 Å². The monoisotopic (exact) mass is 312 g/mol. The molecule has 124 valence electrons. The zero-order valence-corrected chi connectivity index (χ0v) is 13.6. The van der Waals surface area contributed by atoms with E-state index < -0.39 is 29.9 Å². The predicted octanol–water partition coefficient (Wildman–Crippen LogP) is 2.11. The van der Waals surface area contributed by atoms with E-state index in [-0.39, 0.29) is 12.5 Å². The SMILES string of the molecule is CCOC(=O)C1=CC2OC(CC)(CC)OC2C(OC(C)=O)C1. The van der Waals surface area contributed by atoms with Gasteiger partial charge in [-0.2, -0.15) is 0 Å². The van der Waals surface area contributed by atoms with Crippen LogP contribution in [0.5, 0.6) is 0 Å². The quantitative estimate of drug-likeness (QED) is 0.724. The fourth-order valence-corrected chi connectivity index (χ4v) is 2.95. The topological polar surface area (TPSA) is 71.1 Å². The standard InChI is InChI=1S/C16H24O6/c1-5-16(6-2)21-13-9-11(15(18)19-7-3)8-12(14(13)22-16)20-10(4)17/h9,12-14H,5-8H2,1-4H3. The van der Waals surface area contributed by atoms with Crippen LogP contribution in [0.3, 0.4) is 0 Å². The van der Waals surface area contributed by atoms with Crippen molar-refractivity contribution in [1.29, 1.82) is 0 Å². The molecule has 1 saturated heterocycles. The second kappa shape index (κ2) is 6.79. The molecule has 0 spiro atoms. The summed E-state index contributed by atoms with van der Waals surface area (Å²) in [6, 6.07) is 0. The fraction of sp³-hybridized carbons (Fsp3) is 0.750. The van der Waals surface area contributed by atoms with Crippen LogP contribution in [0, 0.1) is 0 Å². The summed E-state index contributed by atoms with van der Waals surface area (Å²) in [5.74, 6) is -1.48. The van der Waals surface area contributed by atoms with E-state index in [2.05, 4.69) is 0 Å². The molecule has 0 saturated carbocycles. The molecule has 1 fully saturated rings. The maximum atomic E-state index is 12.0. The maximum Gasteiger partial charge on any atom is 0.333 e. The molecule has 6 nitrogen and oxygen atoms in total. The second-order valence-electron chi connectivity index (χ2n) is 5.55. The minimum absolute atomic E-state index is 0.284. The molecule has 0 aromatic heterocycles. The molecule has 3 unspecified atom stereocenters. The molecule has 0 bridgehead atoms. The third kappa shape index (κ3) is 3.33. The molecule has 2 aliphatic rings. The predicted molar refractivity (Wildman–Crippen MR) is 77.9 cm³/mol. The normalized spacial score (nSPS) is 29.5. The number of hydrogen-bond donors (Lipinski definition) is 0. The fourth-order valence-electron chi connectivity index (χ4n) is 2.95. The van der Waals surface area contributed by atoms with Gasteiger partial charge in [-0.25, -0.2) is 4.79 Å². The first-order chi connectivity index (χ1) is 10.4. The van der Waals surface area contributed by atoms with E-state index in [1.165, 1.54) is 6.92 Å². The highest BCUT2D eigenvalue weighted by Crippen LogP contribution is 2.41. The Morgan fingerprint density at radius 2 is 1.95 bits per heavy atom. The van der Waals surface area contributed by atoms with E-state index in [1.54, 1.807) is 13.0 Å². The van der Waals surface area contributed by atoms with Gasteiger partial charge in [-0.05, 0) is 25.8 Å². The Balaban J connectivity index is 2.25. The van der Waals surface area contributed by atoms with E-state index >= 15 is 0 Å². The first-order valence-electron chi connectivity index (χ1n) is 7.85. The lowest BCUT2D eigenvalue weighted by Gasteiger charge is -2.30. The van der Waals surface area contributed by atoms with Gasteiger partial charge in [0.1, 0.15) is 18.3 Å². The lowest BCUT2D eigenvalue weighted by Crippen LogP contribution is -2.42. The summed E-state index contributed by atoms with van der Waals surface area (Å²) in [5, 5.41) is 0. The van der Waals surface area contributed by atoms with Gasteiger partial charge in [0.2, 0.25) is 0 Å². The Kier molecular flexibility index (Phi) is 5.24. The first-order valence-corrected chi connectivity index (χ1v) is 7.85. The highest BCUT2D eigenvalue weighted by Gasteiger charge is 2.51. The molecule has 22 heavy (non-hydrogen) atoms. The molecule has 3 atom stereocenters. The van der Waals surface area contributed by atoms with Gasteiger partial charge in [-0.1, -0.05) is 13.8 Å². The summed E-state index contributed by atoms with van der Waals surface area (Å²) in [4.78, 5) is 23.3. The molecule has 1 aliphatic carbocycles. The number of esters is 2. The average molecular weight is 312 g/mol. The molecule has 2 rings (SSSR count). The third-order valence-electron chi connectivity index (χ3n) is 4.11. The van der Waals surface area contributed by atoms with Crippen LogP contribution in [-0.2, 0) is 28.5 Å². The van der Waals surface area contributed by atoms with Crippen molar-refractivity contribution < 1.29 is 28.5 Å². The summed E-state index contributed by atoms with van der Waals surface area (Å²) in [7, 11) is 0. The molecular formula is C16H24O6. The van der Waals surface area contributed by atoms with E-state index in [4.69, 9.17) is 18.9 Å². The Morgan fingerprint density at radius 3 is 2.50 bits per heavy atom. The number of fused-ring (bicyclic) bond motifs is 1. The number of carbonyl (C=O) groups excluding carboxylic acids is 2. The highest BCUT2D eigenvalue weighted by molar-refractivity contribution is 5.89. The van der Waals surface area contributed by atoms with Crippen LogP contribution in [-0.4, -0.2) is 42.6 Å². The number of carbonyl (C=O) groups is 2. The smallest absolute Gasteiger partial charge is 0.333 e. The number of rotatable bonds is 5. The van der Waals surface area contributed by atoms with Crippen LogP contribution in [0.25, 0.3) is 0 Å². The average Bonchev–Trinajstić information content (AvgIpc) is 2.86. The summed E-state index contributed by atoms with van der Waals surface area (Å²) < 4.78 is 22.5. The zero-order valence-electron chi connectivity index (χ0n) is 13.6. The van der Waals surface area contributed by atoms with Crippen molar-refractivity contribution in [2.24, 2.45) is 0 Å². The molecule has 0 N–H and O–H groups in total. The van der Waals surface area contributed by atoms with Gasteiger partial charge in [0.05, 0.1) is 6.61 Å². The zero-order chi connectivity index (χ0) is 16.3. The Labute approximate surface area is 130 Å². The van der Waals surface area contributed by atoms with E-state index in [0.717, 1.165) is 0 Å². The van der Waals surface area contributed by atoms with Crippen LogP contribution in [0.15, 0.2) is 11.6 Å². The molecule has 1 heterocycles. The summed E-state index contributed by atoms with van der Waals surface area (Å²) >= 11 is 0. The molecule has 0 aromatic rings. The van der Waals surface area contributed by atoms with Crippen molar-refractivity contribution in [3.8, 4) is 0 Å². The van der Waals surface area contributed by atoms with Crippen molar-refractivity contribution in [3.05, 3.63) is 11.6 Å². The highest BCUT2D eigenvalue weighted by atomic mass is 16.8. The van der Waals surface area contributed by atoms with Gasteiger partial charge in [-0.15, -0.1) is 0 Å². The summed E-state index contributed by atoms with van der Waals surface area (Å²) in [5.41, 5.74) is 0.473. The molecule has 6 heteroatoms. The van der Waals surface area contributed by atoms with Crippen molar-refractivity contribution in [2.45, 2.75) is 71.1 Å². The van der Waals surface area contributed by atoms with E-state index in [1.807, 2.05) is 13.8 Å². The maximum absolute atomic E-state index is 12.0. The molecule has 0 aromatic carbocycles. The first kappa shape index (κ1) is 17.0. The lowest BCUT2D eigenvalue weighted by atomic mass is 9.92. The minimum Gasteiger partial charge on any atom is -0.463 e. The summed E-state index contributed by atoms with van der Waals surface area (Å²) in [6.45, 7) is 7.37. The van der Waals surface area contributed by atoms with E-state index in [0.29, 0.717) is 25.0 Å². The van der Waals surface area contributed by atoms with Gasteiger partial charge in [0.25, 0.3) is 0 Å². The van der Waals surface area contributed by atoms with Crippen molar-refractivity contribution in [1.82, 2.24) is 0 Å². The van der Waals surface area contributed by atoms with Crippen LogP contribution in [0.2, 0.25) is 0 Å². The minimum atomic E-state index is -0.686. The largest absolute Gasteiger partial charge is 0.463 e. The Morgan fingerprint density at radius 1 is 1.27 bits per heavy atom. The van der Waals surface area contributed by atoms with Gasteiger partial charge in [0.15, 0.2) is 5.79 Å². The molecule has 1 aliphatic heterocycles. The van der Waals surface area contributed by atoms with Crippen molar-refractivity contribution >= 4 is 11.9 Å². The third-order valence-corrected chi connectivity index (χ3v) is 4.11. The Hall–Kier alpha value is -1.40. The van der Waals surface area contributed by atoms with Gasteiger partial charge >= 0.3 is 11.9 Å². The number of hydrogen-bond acceptors (Lipinski definition) is 6. The van der Waals surface area contributed by atoms with Gasteiger partial charge < -0.3 is 18.9 Å². The molecule has 0 amide bonds. The summed E-state index contributed by atoms with van der Waals surface area (Å²) in [6.07, 6.45) is 2.08. The lowest BCUT2D eigenvalue weighted by molar-refractivity contribution is -0.189. The Bertz CT molecular complexity index is 465. The number of ether oxygens (including phenoxy) is 4.